The molecule has 3 aliphatic carbocycles. The van der Waals surface area contributed by atoms with Crippen LogP contribution in [-0.4, -0.2) is 0 Å². The van der Waals surface area contributed by atoms with Crippen LogP contribution in [0, 0.1) is 46.3 Å². The minimum atomic E-state index is 0.0225. The number of rotatable bonds is 9. The van der Waals surface area contributed by atoms with E-state index in [0.29, 0.717) is 0 Å². The summed E-state index contributed by atoms with van der Waals surface area (Å²) in [6, 6.07) is 2.73. The molecule has 3 rings (SSSR count). The molecule has 0 aromatic heterocycles. The molecule has 2 unspecified atom stereocenters. The molecule has 0 amide bonds. The van der Waals surface area contributed by atoms with E-state index in [2.05, 4.69) is 19.9 Å². The van der Waals surface area contributed by atoms with Crippen molar-refractivity contribution in [1.82, 2.24) is 0 Å². The number of nitrogens with zero attached hydrogens (tertiary/aromatic N) is 1. The summed E-state index contributed by atoms with van der Waals surface area (Å²) in [6.45, 7) is 4.55. The predicted octanol–water partition coefficient (Wildman–Crippen LogP) is 9.07. The molecule has 1 heteroatoms. The first-order chi connectivity index (χ1) is 14.2. The van der Waals surface area contributed by atoms with Crippen molar-refractivity contribution in [1.29, 1.82) is 5.26 Å². The fourth-order valence-corrected chi connectivity index (χ4v) is 7.39. The van der Waals surface area contributed by atoms with Crippen LogP contribution in [0.3, 0.4) is 0 Å². The molecular weight excluding hydrogens is 350 g/mol. The van der Waals surface area contributed by atoms with Crippen molar-refractivity contribution < 1.29 is 0 Å². The number of nitriles is 1. The van der Waals surface area contributed by atoms with Crippen LogP contribution in [0.15, 0.2) is 0 Å². The third-order valence-electron chi connectivity index (χ3n) is 9.55. The van der Waals surface area contributed by atoms with E-state index in [9.17, 15) is 5.26 Å². The predicted molar refractivity (Wildman–Crippen MR) is 125 cm³/mol. The number of unbranched alkanes of at least 4 members (excludes halogenated alkanes) is 4. The van der Waals surface area contributed by atoms with Gasteiger partial charge in [0.05, 0.1) is 11.5 Å². The highest BCUT2D eigenvalue weighted by Gasteiger charge is 2.40. The van der Waals surface area contributed by atoms with Gasteiger partial charge in [-0.1, -0.05) is 78.1 Å². The van der Waals surface area contributed by atoms with Crippen LogP contribution in [0.2, 0.25) is 0 Å². The zero-order valence-corrected chi connectivity index (χ0v) is 19.8. The van der Waals surface area contributed by atoms with Crippen LogP contribution in [0.25, 0.3) is 0 Å². The van der Waals surface area contributed by atoms with Crippen LogP contribution >= 0.6 is 0 Å². The molecule has 0 aromatic rings. The van der Waals surface area contributed by atoms with E-state index in [1.165, 1.54) is 109 Å². The van der Waals surface area contributed by atoms with Gasteiger partial charge in [-0.25, -0.2) is 0 Å². The Morgan fingerprint density at radius 1 is 0.724 bits per heavy atom. The average Bonchev–Trinajstić information content (AvgIpc) is 2.79. The Kier molecular flexibility index (Phi) is 9.40. The van der Waals surface area contributed by atoms with Crippen LogP contribution < -0.4 is 0 Å². The first-order valence-electron chi connectivity index (χ1n) is 13.6. The Bertz CT molecular complexity index is 489. The minimum Gasteiger partial charge on any atom is -0.198 e. The van der Waals surface area contributed by atoms with Crippen LogP contribution in [0.5, 0.6) is 0 Å². The molecule has 3 aliphatic rings. The lowest BCUT2D eigenvalue weighted by atomic mass is 9.61. The van der Waals surface area contributed by atoms with Gasteiger partial charge in [0.15, 0.2) is 0 Å². The van der Waals surface area contributed by atoms with Gasteiger partial charge in [-0.2, -0.15) is 5.26 Å². The van der Waals surface area contributed by atoms with E-state index in [0.717, 1.165) is 42.4 Å². The molecule has 0 spiro atoms. The summed E-state index contributed by atoms with van der Waals surface area (Å²) >= 11 is 0. The Balaban J connectivity index is 1.35. The van der Waals surface area contributed by atoms with Gasteiger partial charge in [0.2, 0.25) is 0 Å². The summed E-state index contributed by atoms with van der Waals surface area (Å²) < 4.78 is 0. The molecule has 0 aromatic carbocycles. The molecule has 0 saturated heterocycles. The lowest BCUT2D eigenvalue weighted by Crippen LogP contribution is -2.33. The van der Waals surface area contributed by atoms with Gasteiger partial charge in [-0.05, 0) is 87.4 Å². The molecule has 0 radical (unpaired) electrons. The van der Waals surface area contributed by atoms with Crippen molar-refractivity contribution in [3.8, 4) is 6.07 Å². The number of hydrogen-bond acceptors (Lipinski definition) is 1. The lowest BCUT2D eigenvalue weighted by molar-refractivity contribution is 0.0838. The normalized spacial score (nSPS) is 38.4. The van der Waals surface area contributed by atoms with Gasteiger partial charge in [0, 0.05) is 0 Å². The maximum Gasteiger partial charge on any atom is 0.0689 e. The highest BCUT2D eigenvalue weighted by Crippen LogP contribution is 2.49. The summed E-state index contributed by atoms with van der Waals surface area (Å²) in [4.78, 5) is 0. The first kappa shape index (κ1) is 23.2. The monoisotopic (exact) mass is 399 g/mol. The SMILES string of the molecule is CCCCCCC[C@H]1CC[C@H](C2CCC(C3CCCC(C#N)(CC)C3)CC2)CC1. The van der Waals surface area contributed by atoms with Gasteiger partial charge in [0.1, 0.15) is 0 Å². The highest BCUT2D eigenvalue weighted by atomic mass is 14.5. The summed E-state index contributed by atoms with van der Waals surface area (Å²) in [7, 11) is 0. The number of hydrogen-bond donors (Lipinski definition) is 0. The van der Waals surface area contributed by atoms with Crippen molar-refractivity contribution in [2.75, 3.05) is 0 Å². The second-order valence-electron chi connectivity index (χ2n) is 11.3. The average molecular weight is 400 g/mol. The van der Waals surface area contributed by atoms with E-state index in [1.54, 1.807) is 0 Å². The molecule has 166 valence electrons. The van der Waals surface area contributed by atoms with Crippen molar-refractivity contribution in [3.05, 3.63) is 0 Å². The summed E-state index contributed by atoms with van der Waals surface area (Å²) in [5.41, 5.74) is 0.0225. The van der Waals surface area contributed by atoms with E-state index >= 15 is 0 Å². The standard InChI is InChI=1S/C28H49N/c1-3-5-6-7-8-10-23-12-14-24(15-13-23)25-16-18-26(19-17-25)27-11-9-20-28(4-2,21-27)22-29/h23-27H,3-21H2,1-2H3/t23-,24-,25?,26?,27?,28?. The van der Waals surface area contributed by atoms with Crippen LogP contribution in [-0.2, 0) is 0 Å². The van der Waals surface area contributed by atoms with E-state index in [1.807, 2.05) is 0 Å². The minimum absolute atomic E-state index is 0.0225. The zero-order chi connectivity index (χ0) is 20.5. The highest BCUT2D eigenvalue weighted by molar-refractivity contribution is 5.02. The molecule has 0 N–H and O–H groups in total. The van der Waals surface area contributed by atoms with Crippen LogP contribution in [0.4, 0.5) is 0 Å². The van der Waals surface area contributed by atoms with Gasteiger partial charge < -0.3 is 0 Å². The summed E-state index contributed by atoms with van der Waals surface area (Å²) in [6.07, 6.45) is 27.0. The van der Waals surface area contributed by atoms with Crippen LogP contribution in [0.1, 0.15) is 136 Å². The van der Waals surface area contributed by atoms with E-state index in [4.69, 9.17) is 0 Å². The van der Waals surface area contributed by atoms with Gasteiger partial charge >= 0.3 is 0 Å². The quantitative estimate of drug-likeness (QED) is 0.355. The Labute approximate surface area is 182 Å². The Hall–Kier alpha value is -0.510. The van der Waals surface area contributed by atoms with Crippen molar-refractivity contribution in [3.63, 3.8) is 0 Å². The maximum absolute atomic E-state index is 9.73. The fraction of sp³-hybridized carbons (Fsp3) is 0.964. The van der Waals surface area contributed by atoms with E-state index in [-0.39, 0.29) is 5.41 Å². The van der Waals surface area contributed by atoms with Gasteiger partial charge in [0.25, 0.3) is 0 Å². The smallest absolute Gasteiger partial charge is 0.0689 e. The Morgan fingerprint density at radius 3 is 1.90 bits per heavy atom. The zero-order valence-electron chi connectivity index (χ0n) is 19.8. The topological polar surface area (TPSA) is 23.8 Å². The van der Waals surface area contributed by atoms with E-state index < -0.39 is 0 Å². The summed E-state index contributed by atoms with van der Waals surface area (Å²) in [5, 5.41) is 9.73. The first-order valence-corrected chi connectivity index (χ1v) is 13.6. The molecule has 0 bridgehead atoms. The summed E-state index contributed by atoms with van der Waals surface area (Å²) in [5.74, 6) is 4.93. The largest absolute Gasteiger partial charge is 0.198 e. The molecular formula is C28H49N. The van der Waals surface area contributed by atoms with Crippen molar-refractivity contribution in [2.24, 2.45) is 35.0 Å². The molecule has 3 saturated carbocycles. The molecule has 0 aliphatic heterocycles. The maximum atomic E-state index is 9.73. The molecule has 2 atom stereocenters. The van der Waals surface area contributed by atoms with Gasteiger partial charge in [-0.3, -0.25) is 0 Å². The van der Waals surface area contributed by atoms with Gasteiger partial charge in [-0.15, -0.1) is 0 Å². The second kappa shape index (κ2) is 11.8. The third kappa shape index (κ3) is 6.48. The third-order valence-corrected chi connectivity index (χ3v) is 9.55. The lowest BCUT2D eigenvalue weighted by Gasteiger charge is -2.43. The molecule has 0 heterocycles. The fourth-order valence-electron chi connectivity index (χ4n) is 7.39. The Morgan fingerprint density at radius 2 is 1.31 bits per heavy atom. The van der Waals surface area contributed by atoms with Crippen molar-refractivity contribution in [2.45, 2.75) is 136 Å². The molecule has 1 nitrogen and oxygen atoms in total. The molecule has 3 fully saturated rings. The molecule has 29 heavy (non-hydrogen) atoms. The van der Waals surface area contributed by atoms with Crippen molar-refractivity contribution >= 4 is 0 Å². The second-order valence-corrected chi connectivity index (χ2v) is 11.3.